The summed E-state index contributed by atoms with van der Waals surface area (Å²) in [7, 11) is 2.06. The molecule has 11 heavy (non-hydrogen) atoms. The molecular formula is C7H16ClN3. The van der Waals surface area contributed by atoms with Crippen molar-refractivity contribution >= 4 is 12.4 Å². The summed E-state index contributed by atoms with van der Waals surface area (Å²) in [5, 5.41) is 0. The predicted octanol–water partition coefficient (Wildman–Crippen LogP) is 1.43. The standard InChI is InChI=1S/C7H12N2.ClH.H3N/c1-3-4-9-6-5-8(2)7-9;;/h3,5-6H,1,4,7H2,2H3;1H;1H3. The Morgan fingerprint density at radius 3 is 2.55 bits per heavy atom. The van der Waals surface area contributed by atoms with Gasteiger partial charge >= 0.3 is 0 Å². The van der Waals surface area contributed by atoms with Crippen LogP contribution < -0.4 is 6.15 Å². The molecule has 0 saturated heterocycles. The Balaban J connectivity index is 0. The lowest BCUT2D eigenvalue weighted by molar-refractivity contribution is 0.318. The van der Waals surface area contributed by atoms with Crippen LogP contribution in [0.4, 0.5) is 0 Å². The third kappa shape index (κ3) is 3.91. The molecule has 0 aromatic carbocycles. The summed E-state index contributed by atoms with van der Waals surface area (Å²) in [6, 6.07) is 0. The second-order valence-corrected chi connectivity index (χ2v) is 2.26. The number of hydrogen-bond donors (Lipinski definition) is 1. The van der Waals surface area contributed by atoms with E-state index in [4.69, 9.17) is 0 Å². The summed E-state index contributed by atoms with van der Waals surface area (Å²) in [6.45, 7) is 5.59. The molecule has 0 aromatic heterocycles. The van der Waals surface area contributed by atoms with Crippen molar-refractivity contribution in [3.05, 3.63) is 25.1 Å². The molecule has 1 heterocycles. The topological polar surface area (TPSA) is 41.5 Å². The van der Waals surface area contributed by atoms with E-state index in [9.17, 15) is 0 Å². The Hall–Kier alpha value is -0.670. The van der Waals surface area contributed by atoms with E-state index >= 15 is 0 Å². The number of halogens is 1. The highest BCUT2D eigenvalue weighted by molar-refractivity contribution is 5.85. The van der Waals surface area contributed by atoms with Crippen molar-refractivity contribution in [3.63, 3.8) is 0 Å². The lowest BCUT2D eigenvalue weighted by atomic mass is 10.6. The molecule has 4 heteroatoms. The Morgan fingerprint density at radius 2 is 2.18 bits per heavy atom. The molecule has 0 aliphatic carbocycles. The van der Waals surface area contributed by atoms with E-state index in [0.717, 1.165) is 13.2 Å². The zero-order valence-electron chi connectivity index (χ0n) is 6.86. The fourth-order valence-corrected chi connectivity index (χ4v) is 0.873. The summed E-state index contributed by atoms with van der Waals surface area (Å²) in [4.78, 5) is 4.32. The van der Waals surface area contributed by atoms with Crippen LogP contribution in [0.2, 0.25) is 0 Å². The van der Waals surface area contributed by atoms with Crippen LogP contribution in [0.5, 0.6) is 0 Å². The summed E-state index contributed by atoms with van der Waals surface area (Å²) in [5.41, 5.74) is 0. The number of nitrogens with zero attached hydrogens (tertiary/aromatic N) is 2. The van der Waals surface area contributed by atoms with E-state index < -0.39 is 0 Å². The maximum atomic E-state index is 3.66. The molecule has 0 spiro atoms. The lowest BCUT2D eigenvalue weighted by Gasteiger charge is -2.15. The second kappa shape index (κ2) is 6.07. The lowest BCUT2D eigenvalue weighted by Crippen LogP contribution is -2.21. The first kappa shape index (κ1) is 13.0. The molecule has 3 N–H and O–H groups in total. The van der Waals surface area contributed by atoms with Gasteiger partial charge < -0.3 is 16.0 Å². The van der Waals surface area contributed by atoms with Crippen LogP contribution in [0.3, 0.4) is 0 Å². The molecule has 3 nitrogen and oxygen atoms in total. The van der Waals surface area contributed by atoms with Crippen molar-refractivity contribution < 1.29 is 0 Å². The molecule has 1 aliphatic rings. The van der Waals surface area contributed by atoms with Gasteiger partial charge in [0.1, 0.15) is 0 Å². The summed E-state index contributed by atoms with van der Waals surface area (Å²) >= 11 is 0. The third-order valence-electron chi connectivity index (χ3n) is 1.30. The Kier molecular flexibility index (Phi) is 7.15. The van der Waals surface area contributed by atoms with Gasteiger partial charge in [0.15, 0.2) is 0 Å². The van der Waals surface area contributed by atoms with E-state index in [1.807, 2.05) is 6.08 Å². The molecule has 0 radical (unpaired) electrons. The third-order valence-corrected chi connectivity index (χ3v) is 1.30. The molecule has 0 bridgehead atoms. The smallest absolute Gasteiger partial charge is 0.0894 e. The van der Waals surface area contributed by atoms with Crippen molar-refractivity contribution in [3.8, 4) is 0 Å². The van der Waals surface area contributed by atoms with E-state index in [2.05, 4.69) is 35.8 Å². The van der Waals surface area contributed by atoms with Gasteiger partial charge in [-0.25, -0.2) is 0 Å². The van der Waals surface area contributed by atoms with Crippen LogP contribution in [0.25, 0.3) is 0 Å². The highest BCUT2D eigenvalue weighted by Crippen LogP contribution is 2.01. The van der Waals surface area contributed by atoms with Gasteiger partial charge in [0.25, 0.3) is 0 Å². The van der Waals surface area contributed by atoms with E-state index in [1.54, 1.807) is 0 Å². The van der Waals surface area contributed by atoms with Gasteiger partial charge in [-0.2, -0.15) is 0 Å². The molecular weight excluding hydrogens is 162 g/mol. The Morgan fingerprint density at radius 1 is 1.55 bits per heavy atom. The van der Waals surface area contributed by atoms with Gasteiger partial charge in [-0.1, -0.05) is 6.08 Å². The minimum absolute atomic E-state index is 0. The number of hydrogen-bond acceptors (Lipinski definition) is 3. The fraction of sp³-hybridized carbons (Fsp3) is 0.429. The van der Waals surface area contributed by atoms with Crippen LogP contribution in [-0.2, 0) is 0 Å². The molecule has 1 aliphatic heterocycles. The van der Waals surface area contributed by atoms with Gasteiger partial charge in [-0.15, -0.1) is 19.0 Å². The highest BCUT2D eigenvalue weighted by atomic mass is 35.5. The van der Waals surface area contributed by atoms with Crippen LogP contribution in [0, 0.1) is 0 Å². The zero-order chi connectivity index (χ0) is 6.69. The predicted molar refractivity (Wildman–Crippen MR) is 50.9 cm³/mol. The van der Waals surface area contributed by atoms with E-state index in [0.29, 0.717) is 0 Å². The maximum absolute atomic E-state index is 3.66. The summed E-state index contributed by atoms with van der Waals surface area (Å²) in [6.07, 6.45) is 6.04. The van der Waals surface area contributed by atoms with Crippen LogP contribution in [0.15, 0.2) is 25.1 Å². The first-order valence-corrected chi connectivity index (χ1v) is 3.06. The van der Waals surface area contributed by atoms with Crippen molar-refractivity contribution in [1.29, 1.82) is 0 Å². The normalized spacial score (nSPS) is 13.9. The van der Waals surface area contributed by atoms with E-state index in [1.165, 1.54) is 0 Å². The minimum atomic E-state index is 0. The second-order valence-electron chi connectivity index (χ2n) is 2.26. The summed E-state index contributed by atoms with van der Waals surface area (Å²) in [5.74, 6) is 0. The van der Waals surface area contributed by atoms with Crippen LogP contribution in [0.1, 0.15) is 0 Å². The highest BCUT2D eigenvalue weighted by Gasteiger charge is 2.04. The molecule has 0 saturated carbocycles. The van der Waals surface area contributed by atoms with Gasteiger partial charge in [-0.3, -0.25) is 0 Å². The maximum Gasteiger partial charge on any atom is 0.0894 e. The van der Waals surface area contributed by atoms with Crippen molar-refractivity contribution in [1.82, 2.24) is 16.0 Å². The average molecular weight is 178 g/mol. The zero-order valence-corrected chi connectivity index (χ0v) is 7.68. The van der Waals surface area contributed by atoms with Gasteiger partial charge in [0, 0.05) is 26.0 Å². The van der Waals surface area contributed by atoms with E-state index in [-0.39, 0.29) is 18.6 Å². The average Bonchev–Trinajstić information content (AvgIpc) is 2.17. The van der Waals surface area contributed by atoms with Crippen molar-refractivity contribution in [2.75, 3.05) is 20.3 Å². The van der Waals surface area contributed by atoms with Gasteiger partial charge in [0.2, 0.25) is 0 Å². The largest absolute Gasteiger partial charge is 0.362 e. The molecule has 0 aromatic rings. The SMILES string of the molecule is C=CCN1C=CN(C)C1.Cl.N. The van der Waals surface area contributed by atoms with Crippen LogP contribution >= 0.6 is 12.4 Å². The minimum Gasteiger partial charge on any atom is -0.362 e. The molecule has 0 fully saturated rings. The Bertz CT molecular complexity index is 136. The first-order chi connectivity index (χ1) is 4.33. The monoisotopic (exact) mass is 177 g/mol. The first-order valence-electron chi connectivity index (χ1n) is 3.06. The Labute approximate surface area is 74.4 Å². The number of rotatable bonds is 2. The van der Waals surface area contributed by atoms with Crippen LogP contribution in [-0.4, -0.2) is 30.1 Å². The van der Waals surface area contributed by atoms with Crippen molar-refractivity contribution in [2.45, 2.75) is 0 Å². The van der Waals surface area contributed by atoms with Crippen molar-refractivity contribution in [2.24, 2.45) is 0 Å². The molecule has 66 valence electrons. The van der Waals surface area contributed by atoms with Gasteiger partial charge in [0.05, 0.1) is 6.67 Å². The van der Waals surface area contributed by atoms with Gasteiger partial charge in [-0.05, 0) is 0 Å². The quantitative estimate of drug-likeness (QED) is 0.649. The molecule has 0 unspecified atom stereocenters. The molecule has 1 rings (SSSR count). The fourth-order valence-electron chi connectivity index (χ4n) is 0.873. The molecule has 0 amide bonds. The molecule has 0 atom stereocenters. The summed E-state index contributed by atoms with van der Waals surface area (Å²) < 4.78 is 0.